The van der Waals surface area contributed by atoms with Crippen molar-refractivity contribution in [3.63, 3.8) is 0 Å². The summed E-state index contributed by atoms with van der Waals surface area (Å²) < 4.78 is 10.7. The van der Waals surface area contributed by atoms with Gasteiger partial charge in [-0.05, 0) is 41.3 Å². The lowest BCUT2D eigenvalue weighted by Crippen LogP contribution is -2.38. The fourth-order valence-corrected chi connectivity index (χ4v) is 3.64. The van der Waals surface area contributed by atoms with Gasteiger partial charge in [-0.1, -0.05) is 18.2 Å². The summed E-state index contributed by atoms with van der Waals surface area (Å²) in [5.74, 6) is -1.75. The van der Waals surface area contributed by atoms with E-state index in [1.807, 2.05) is 4.90 Å². The highest BCUT2D eigenvalue weighted by molar-refractivity contribution is 5.98. The van der Waals surface area contributed by atoms with Gasteiger partial charge in [0, 0.05) is 30.5 Å². The van der Waals surface area contributed by atoms with Gasteiger partial charge < -0.3 is 24.8 Å². The number of ether oxygens (including phenoxy) is 2. The first-order chi connectivity index (χ1) is 15.4. The fourth-order valence-electron chi connectivity index (χ4n) is 3.64. The molecule has 0 aromatic heterocycles. The minimum Gasteiger partial charge on any atom is -0.507 e. The standard InChI is InChI=1S/C24H23NO7/c26-21-13-17-5-6-18(24(30)32-14-25-7-9-31-10-8-25)12-19(17)22(27)20(21)11-15-1-3-16(4-2-15)23(28)29/h1-6,12-13,26-27H,7-11,14H2,(H,28,29). The molecule has 0 amide bonds. The van der Waals surface area contributed by atoms with Crippen molar-refractivity contribution >= 4 is 22.7 Å². The van der Waals surface area contributed by atoms with E-state index in [1.54, 1.807) is 30.3 Å². The summed E-state index contributed by atoms with van der Waals surface area (Å²) in [6.45, 7) is 2.77. The van der Waals surface area contributed by atoms with Crippen LogP contribution in [0.5, 0.6) is 11.5 Å². The van der Waals surface area contributed by atoms with Gasteiger partial charge in [0.05, 0.1) is 24.3 Å². The lowest BCUT2D eigenvalue weighted by molar-refractivity contribution is -0.0209. The first kappa shape index (κ1) is 21.6. The van der Waals surface area contributed by atoms with Crippen molar-refractivity contribution in [2.45, 2.75) is 6.42 Å². The number of aromatic carboxylic acids is 1. The summed E-state index contributed by atoms with van der Waals surface area (Å²) in [5.41, 5.74) is 1.46. The number of hydrogen-bond donors (Lipinski definition) is 3. The quantitative estimate of drug-likeness (QED) is 0.504. The molecule has 3 N–H and O–H groups in total. The van der Waals surface area contributed by atoms with Crippen molar-refractivity contribution in [1.29, 1.82) is 0 Å². The Bertz CT molecular complexity index is 1150. The average Bonchev–Trinajstić information content (AvgIpc) is 2.81. The molecule has 3 aromatic rings. The van der Waals surface area contributed by atoms with Crippen LogP contribution in [-0.2, 0) is 15.9 Å². The molecular formula is C24H23NO7. The molecule has 0 saturated carbocycles. The molecule has 0 unspecified atom stereocenters. The van der Waals surface area contributed by atoms with Crippen LogP contribution in [0, 0.1) is 0 Å². The van der Waals surface area contributed by atoms with Crippen molar-refractivity contribution in [1.82, 2.24) is 4.90 Å². The smallest absolute Gasteiger partial charge is 0.339 e. The maximum absolute atomic E-state index is 12.5. The first-order valence-corrected chi connectivity index (χ1v) is 10.2. The van der Waals surface area contributed by atoms with Crippen molar-refractivity contribution in [3.8, 4) is 11.5 Å². The number of rotatable bonds is 6. The molecular weight excluding hydrogens is 414 g/mol. The molecule has 1 saturated heterocycles. The number of carbonyl (C=O) groups excluding carboxylic acids is 1. The van der Waals surface area contributed by atoms with E-state index >= 15 is 0 Å². The highest BCUT2D eigenvalue weighted by atomic mass is 16.5. The molecule has 8 nitrogen and oxygen atoms in total. The molecule has 166 valence electrons. The largest absolute Gasteiger partial charge is 0.507 e. The van der Waals surface area contributed by atoms with Gasteiger partial charge in [-0.15, -0.1) is 0 Å². The van der Waals surface area contributed by atoms with Crippen LogP contribution in [-0.4, -0.2) is 65.2 Å². The van der Waals surface area contributed by atoms with E-state index in [9.17, 15) is 19.8 Å². The molecule has 1 aliphatic heterocycles. The molecule has 0 atom stereocenters. The summed E-state index contributed by atoms with van der Waals surface area (Å²) in [6, 6.07) is 12.5. The zero-order valence-electron chi connectivity index (χ0n) is 17.3. The molecule has 0 aliphatic carbocycles. The second-order valence-electron chi connectivity index (χ2n) is 7.63. The lowest BCUT2D eigenvalue weighted by Gasteiger charge is -2.25. The Morgan fingerprint density at radius 1 is 0.969 bits per heavy atom. The molecule has 1 aliphatic rings. The summed E-state index contributed by atoms with van der Waals surface area (Å²) in [5, 5.41) is 31.3. The molecule has 3 aromatic carbocycles. The van der Waals surface area contributed by atoms with Gasteiger partial charge in [-0.3, -0.25) is 4.90 Å². The number of carbonyl (C=O) groups is 2. The molecule has 4 rings (SSSR count). The van der Waals surface area contributed by atoms with Crippen LogP contribution in [0.3, 0.4) is 0 Å². The number of phenols is 2. The highest BCUT2D eigenvalue weighted by Gasteiger charge is 2.17. The number of aromatic hydroxyl groups is 2. The summed E-state index contributed by atoms with van der Waals surface area (Å²) in [7, 11) is 0. The van der Waals surface area contributed by atoms with E-state index in [-0.39, 0.29) is 30.2 Å². The Morgan fingerprint density at radius 2 is 1.66 bits per heavy atom. The van der Waals surface area contributed by atoms with Crippen LogP contribution in [0.1, 0.15) is 31.8 Å². The van der Waals surface area contributed by atoms with Crippen molar-refractivity contribution in [2.24, 2.45) is 0 Å². The molecule has 8 heteroatoms. The predicted octanol–water partition coefficient (Wildman–Crippen LogP) is 2.99. The van der Waals surface area contributed by atoms with Crippen LogP contribution >= 0.6 is 0 Å². The monoisotopic (exact) mass is 437 g/mol. The Hall–Kier alpha value is -3.62. The van der Waals surface area contributed by atoms with E-state index in [2.05, 4.69) is 0 Å². The van der Waals surface area contributed by atoms with Gasteiger partial charge in [0.2, 0.25) is 0 Å². The van der Waals surface area contributed by atoms with Gasteiger partial charge in [-0.2, -0.15) is 0 Å². The third-order valence-corrected chi connectivity index (χ3v) is 5.50. The maximum Gasteiger partial charge on any atom is 0.339 e. The lowest BCUT2D eigenvalue weighted by atomic mass is 9.97. The van der Waals surface area contributed by atoms with Gasteiger partial charge in [-0.25, -0.2) is 9.59 Å². The number of benzene rings is 3. The van der Waals surface area contributed by atoms with E-state index in [0.29, 0.717) is 48.2 Å². The van der Waals surface area contributed by atoms with Crippen LogP contribution in [0.4, 0.5) is 0 Å². The SMILES string of the molecule is O=C(O)c1ccc(Cc2c(O)cc3ccc(C(=O)OCN4CCOCC4)cc3c2O)cc1. The summed E-state index contributed by atoms with van der Waals surface area (Å²) in [6.07, 6.45) is 0.194. The highest BCUT2D eigenvalue weighted by Crippen LogP contribution is 2.37. The number of carboxylic acid groups (broad SMARTS) is 1. The van der Waals surface area contributed by atoms with Gasteiger partial charge in [0.25, 0.3) is 0 Å². The average molecular weight is 437 g/mol. The minimum atomic E-state index is -1.03. The van der Waals surface area contributed by atoms with Crippen molar-refractivity contribution in [3.05, 3.63) is 70.8 Å². The predicted molar refractivity (Wildman–Crippen MR) is 116 cm³/mol. The third-order valence-electron chi connectivity index (χ3n) is 5.50. The van der Waals surface area contributed by atoms with E-state index in [4.69, 9.17) is 14.6 Å². The molecule has 0 radical (unpaired) electrons. The minimum absolute atomic E-state index is 0.0834. The number of phenolic OH excluding ortho intramolecular Hbond substituents is 2. The Labute approximate surface area is 184 Å². The van der Waals surface area contributed by atoms with Crippen LogP contribution in [0.25, 0.3) is 10.8 Å². The van der Waals surface area contributed by atoms with E-state index in [0.717, 1.165) is 5.56 Å². The topological polar surface area (TPSA) is 117 Å². The Balaban J connectivity index is 1.56. The number of carboxylic acids is 1. The number of esters is 1. The van der Waals surface area contributed by atoms with Gasteiger partial charge in [0.1, 0.15) is 18.2 Å². The van der Waals surface area contributed by atoms with Gasteiger partial charge >= 0.3 is 11.9 Å². The fraction of sp³-hybridized carbons (Fsp3) is 0.250. The second-order valence-corrected chi connectivity index (χ2v) is 7.63. The van der Waals surface area contributed by atoms with Crippen LogP contribution in [0.2, 0.25) is 0 Å². The second kappa shape index (κ2) is 9.25. The Kier molecular flexibility index (Phi) is 6.25. The number of fused-ring (bicyclic) bond motifs is 1. The van der Waals surface area contributed by atoms with Crippen molar-refractivity contribution in [2.75, 3.05) is 33.0 Å². The molecule has 1 fully saturated rings. The Morgan fingerprint density at radius 3 is 2.34 bits per heavy atom. The van der Waals surface area contributed by atoms with Crippen LogP contribution < -0.4 is 0 Å². The number of hydrogen-bond acceptors (Lipinski definition) is 7. The number of nitrogens with zero attached hydrogens (tertiary/aromatic N) is 1. The van der Waals surface area contributed by atoms with E-state index < -0.39 is 11.9 Å². The molecule has 1 heterocycles. The zero-order valence-corrected chi connectivity index (χ0v) is 17.3. The molecule has 0 spiro atoms. The normalized spacial score (nSPS) is 14.4. The maximum atomic E-state index is 12.5. The van der Waals surface area contributed by atoms with Crippen molar-refractivity contribution < 1.29 is 34.4 Å². The summed E-state index contributed by atoms with van der Waals surface area (Å²) in [4.78, 5) is 25.5. The van der Waals surface area contributed by atoms with Gasteiger partial charge in [0.15, 0.2) is 0 Å². The molecule has 32 heavy (non-hydrogen) atoms. The first-order valence-electron chi connectivity index (χ1n) is 10.2. The third kappa shape index (κ3) is 4.66. The number of morpholine rings is 1. The summed E-state index contributed by atoms with van der Waals surface area (Å²) >= 11 is 0. The van der Waals surface area contributed by atoms with E-state index in [1.165, 1.54) is 18.2 Å². The zero-order chi connectivity index (χ0) is 22.7. The van der Waals surface area contributed by atoms with Crippen LogP contribution in [0.15, 0.2) is 48.5 Å². The molecule has 0 bridgehead atoms.